The van der Waals surface area contributed by atoms with Gasteiger partial charge < -0.3 is 31.0 Å². The zero-order valence-electron chi connectivity index (χ0n) is 19.5. The first-order chi connectivity index (χ1) is 15.9. The molecule has 0 spiro atoms. The summed E-state index contributed by atoms with van der Waals surface area (Å²) in [6.45, 7) is 7.56. The minimum absolute atomic E-state index is 0.122. The lowest BCUT2D eigenvalue weighted by molar-refractivity contribution is 0.0764. The van der Waals surface area contributed by atoms with Crippen molar-refractivity contribution in [2.75, 3.05) is 51.2 Å². The summed E-state index contributed by atoms with van der Waals surface area (Å²) in [5, 5.41) is 3.11. The number of hydrogen-bond donors (Lipinski definition) is 3. The zero-order valence-corrected chi connectivity index (χ0v) is 19.5. The number of para-hydroxylation sites is 1. The largest absolute Gasteiger partial charge is 0.444 e. The van der Waals surface area contributed by atoms with Crippen molar-refractivity contribution >= 4 is 17.2 Å². The SMILES string of the molecule is CN1CCN(C2(c3ccccc3N3CCC(C)(N)CC3)N=C(N)NC=C2c2cnco2)CC1. The topological polar surface area (TPSA) is 112 Å². The van der Waals surface area contributed by atoms with Gasteiger partial charge in [0.25, 0.3) is 0 Å². The van der Waals surface area contributed by atoms with Gasteiger partial charge in [-0.15, -0.1) is 0 Å². The van der Waals surface area contributed by atoms with Gasteiger partial charge in [0.05, 0.1) is 11.8 Å². The van der Waals surface area contributed by atoms with Gasteiger partial charge in [-0.3, -0.25) is 4.90 Å². The molecule has 1 unspecified atom stereocenters. The van der Waals surface area contributed by atoms with Crippen LogP contribution in [0.25, 0.3) is 5.57 Å². The van der Waals surface area contributed by atoms with E-state index in [1.165, 1.54) is 6.39 Å². The first-order valence-corrected chi connectivity index (χ1v) is 11.7. The number of nitrogens with two attached hydrogens (primary N) is 2. The Morgan fingerprint density at radius 1 is 1.06 bits per heavy atom. The predicted octanol–water partition coefficient (Wildman–Crippen LogP) is 1.35. The van der Waals surface area contributed by atoms with E-state index in [0.29, 0.717) is 11.7 Å². The quantitative estimate of drug-likeness (QED) is 0.640. The van der Waals surface area contributed by atoms with Crippen LogP contribution in [0.2, 0.25) is 0 Å². The van der Waals surface area contributed by atoms with Gasteiger partial charge in [-0.05, 0) is 32.9 Å². The molecule has 9 heteroatoms. The van der Waals surface area contributed by atoms with E-state index in [2.05, 4.69) is 63.2 Å². The van der Waals surface area contributed by atoms with Crippen LogP contribution in [0.15, 0.2) is 52.5 Å². The van der Waals surface area contributed by atoms with Gasteiger partial charge in [0.15, 0.2) is 23.8 Å². The zero-order chi connectivity index (χ0) is 23.1. The molecule has 2 fully saturated rings. The number of piperidine rings is 1. The highest BCUT2D eigenvalue weighted by Crippen LogP contribution is 2.48. The summed E-state index contributed by atoms with van der Waals surface area (Å²) in [6.07, 6.45) is 7.02. The second-order valence-corrected chi connectivity index (χ2v) is 9.69. The Labute approximate surface area is 195 Å². The van der Waals surface area contributed by atoms with Crippen LogP contribution in [-0.2, 0) is 5.66 Å². The van der Waals surface area contributed by atoms with Gasteiger partial charge in [-0.1, -0.05) is 18.2 Å². The lowest BCUT2D eigenvalue weighted by Gasteiger charge is -2.48. The number of guanidine groups is 1. The molecule has 0 saturated carbocycles. The molecule has 4 heterocycles. The van der Waals surface area contributed by atoms with Crippen molar-refractivity contribution in [1.29, 1.82) is 0 Å². The minimum Gasteiger partial charge on any atom is -0.444 e. The molecule has 1 aromatic carbocycles. The van der Waals surface area contributed by atoms with E-state index >= 15 is 0 Å². The second-order valence-electron chi connectivity index (χ2n) is 9.69. The van der Waals surface area contributed by atoms with Crippen molar-refractivity contribution in [3.63, 3.8) is 0 Å². The standard InChI is InChI=1S/C24H34N8O/c1-23(26)7-9-31(10-8-23)20-6-4-3-5-18(20)24(32-13-11-30(2)12-14-32)19(15-28-22(25)29-24)21-16-27-17-33-21/h3-6,15-17H,7-14,26H2,1-2H3,(H3,25,28,29). The Hall–Kier alpha value is -2.88. The number of rotatable bonds is 4. The summed E-state index contributed by atoms with van der Waals surface area (Å²) in [7, 11) is 2.16. The summed E-state index contributed by atoms with van der Waals surface area (Å²) in [5.74, 6) is 1.07. The van der Waals surface area contributed by atoms with E-state index in [-0.39, 0.29) is 5.54 Å². The molecule has 0 aliphatic carbocycles. The van der Waals surface area contributed by atoms with Crippen LogP contribution in [0.3, 0.4) is 0 Å². The number of aromatic nitrogens is 1. The number of benzene rings is 1. The lowest BCUT2D eigenvalue weighted by atomic mass is 9.84. The Bertz CT molecular complexity index is 1030. The molecule has 3 aliphatic heterocycles. The van der Waals surface area contributed by atoms with E-state index in [1.54, 1.807) is 6.20 Å². The number of aliphatic imine (C=N–C) groups is 1. The molecular formula is C24H34N8O. The van der Waals surface area contributed by atoms with Crippen LogP contribution >= 0.6 is 0 Å². The van der Waals surface area contributed by atoms with Gasteiger partial charge in [-0.2, -0.15) is 0 Å². The number of oxazole rings is 1. The van der Waals surface area contributed by atoms with Crippen LogP contribution in [0, 0.1) is 0 Å². The Balaban J connectivity index is 1.67. The normalized spacial score (nSPS) is 26.5. The highest BCUT2D eigenvalue weighted by atomic mass is 16.3. The number of anilines is 1. The lowest BCUT2D eigenvalue weighted by Crippen LogP contribution is -2.57. The maximum atomic E-state index is 6.44. The molecule has 176 valence electrons. The van der Waals surface area contributed by atoms with E-state index in [9.17, 15) is 0 Å². The molecule has 5 N–H and O–H groups in total. The third-order valence-corrected chi connectivity index (χ3v) is 7.21. The average Bonchev–Trinajstić information content (AvgIpc) is 3.34. The van der Waals surface area contributed by atoms with Crippen molar-refractivity contribution in [3.05, 3.63) is 54.4 Å². The number of hydrogen-bond acceptors (Lipinski definition) is 9. The fourth-order valence-electron chi connectivity index (χ4n) is 5.15. The highest BCUT2D eigenvalue weighted by molar-refractivity contribution is 5.88. The number of likely N-dealkylation sites (N-methyl/N-ethyl adjacent to an activating group) is 1. The monoisotopic (exact) mass is 450 g/mol. The smallest absolute Gasteiger partial charge is 0.195 e. The minimum atomic E-state index is -0.823. The van der Waals surface area contributed by atoms with Gasteiger partial charge in [-0.25, -0.2) is 9.98 Å². The molecule has 5 rings (SSSR count). The van der Waals surface area contributed by atoms with Crippen molar-refractivity contribution in [3.8, 4) is 0 Å². The predicted molar refractivity (Wildman–Crippen MR) is 130 cm³/mol. The van der Waals surface area contributed by atoms with Crippen LogP contribution < -0.4 is 21.7 Å². The fourth-order valence-corrected chi connectivity index (χ4v) is 5.15. The molecule has 3 aliphatic rings. The number of piperazine rings is 1. The number of nitrogens with zero attached hydrogens (tertiary/aromatic N) is 5. The van der Waals surface area contributed by atoms with Gasteiger partial charge in [0.1, 0.15) is 0 Å². The van der Waals surface area contributed by atoms with E-state index < -0.39 is 5.66 Å². The summed E-state index contributed by atoms with van der Waals surface area (Å²) in [5.41, 5.74) is 15.0. The van der Waals surface area contributed by atoms with E-state index in [0.717, 1.165) is 68.9 Å². The van der Waals surface area contributed by atoms with E-state index in [4.69, 9.17) is 20.9 Å². The first-order valence-electron chi connectivity index (χ1n) is 11.7. The van der Waals surface area contributed by atoms with Crippen molar-refractivity contribution in [1.82, 2.24) is 20.1 Å². The average molecular weight is 451 g/mol. The van der Waals surface area contributed by atoms with Crippen molar-refractivity contribution in [2.24, 2.45) is 16.5 Å². The summed E-state index contributed by atoms with van der Waals surface area (Å²) < 4.78 is 5.81. The molecule has 2 aromatic rings. The maximum absolute atomic E-state index is 6.44. The Kier molecular flexibility index (Phi) is 5.64. The summed E-state index contributed by atoms with van der Waals surface area (Å²) in [4.78, 5) is 16.5. The molecule has 0 amide bonds. The Morgan fingerprint density at radius 2 is 1.79 bits per heavy atom. The molecule has 0 radical (unpaired) electrons. The Morgan fingerprint density at radius 3 is 2.48 bits per heavy atom. The fraction of sp³-hybridized carbons (Fsp3) is 0.500. The van der Waals surface area contributed by atoms with Crippen LogP contribution in [0.4, 0.5) is 5.69 Å². The molecule has 33 heavy (non-hydrogen) atoms. The first kappa shape index (κ1) is 21.9. The second kappa shape index (κ2) is 8.48. The third kappa shape index (κ3) is 4.01. The third-order valence-electron chi connectivity index (χ3n) is 7.21. The van der Waals surface area contributed by atoms with Crippen molar-refractivity contribution < 1.29 is 4.42 Å². The summed E-state index contributed by atoms with van der Waals surface area (Å²) in [6, 6.07) is 8.55. The molecule has 0 bridgehead atoms. The van der Waals surface area contributed by atoms with Crippen molar-refractivity contribution in [2.45, 2.75) is 31.0 Å². The molecule has 1 atom stereocenters. The van der Waals surface area contributed by atoms with Crippen LogP contribution in [-0.4, -0.2) is 72.6 Å². The molecular weight excluding hydrogens is 416 g/mol. The highest BCUT2D eigenvalue weighted by Gasteiger charge is 2.48. The molecule has 2 saturated heterocycles. The maximum Gasteiger partial charge on any atom is 0.195 e. The van der Waals surface area contributed by atoms with Gasteiger partial charge in [0, 0.05) is 62.3 Å². The summed E-state index contributed by atoms with van der Waals surface area (Å²) >= 11 is 0. The number of nitrogens with one attached hydrogen (secondary N) is 1. The van der Waals surface area contributed by atoms with Gasteiger partial charge >= 0.3 is 0 Å². The van der Waals surface area contributed by atoms with Crippen LogP contribution in [0.5, 0.6) is 0 Å². The van der Waals surface area contributed by atoms with Crippen LogP contribution in [0.1, 0.15) is 31.1 Å². The van der Waals surface area contributed by atoms with Gasteiger partial charge in [0.2, 0.25) is 0 Å². The molecule has 1 aromatic heterocycles. The molecule has 9 nitrogen and oxygen atoms in total. The van der Waals surface area contributed by atoms with E-state index in [1.807, 2.05) is 6.20 Å².